The molecule has 11 heavy (non-hydrogen) atoms. The summed E-state index contributed by atoms with van der Waals surface area (Å²) in [7, 11) is 0. The highest BCUT2D eigenvalue weighted by Gasteiger charge is 2.03. The average molecular weight is 152 g/mol. The predicted octanol–water partition coefficient (Wildman–Crippen LogP) is 2.19. The molecule has 0 aliphatic heterocycles. The van der Waals surface area contributed by atoms with Gasteiger partial charge in [0.1, 0.15) is 11.5 Å². The lowest BCUT2D eigenvalue weighted by atomic mass is 10.1. The van der Waals surface area contributed by atoms with Crippen LogP contribution in [0.5, 0.6) is 0 Å². The van der Waals surface area contributed by atoms with E-state index in [4.69, 9.17) is 4.42 Å². The molecule has 0 N–H and O–H groups in total. The largest absolute Gasteiger partial charge is 0.469 e. The van der Waals surface area contributed by atoms with Crippen LogP contribution in [0, 0.1) is 0 Å². The summed E-state index contributed by atoms with van der Waals surface area (Å²) in [6.45, 7) is 2.00. The van der Waals surface area contributed by atoms with E-state index in [0.717, 1.165) is 12.2 Å². The molecule has 0 aromatic carbocycles. The van der Waals surface area contributed by atoms with Crippen molar-refractivity contribution in [1.82, 2.24) is 0 Å². The van der Waals surface area contributed by atoms with Crippen LogP contribution in [0.1, 0.15) is 25.5 Å². The minimum absolute atomic E-state index is 0.252. The van der Waals surface area contributed by atoms with E-state index in [0.29, 0.717) is 12.8 Å². The minimum atomic E-state index is 0.252. The van der Waals surface area contributed by atoms with Gasteiger partial charge in [-0.15, -0.1) is 0 Å². The predicted molar refractivity (Wildman–Crippen MR) is 42.3 cm³/mol. The van der Waals surface area contributed by atoms with E-state index in [-0.39, 0.29) is 5.78 Å². The third-order valence-corrected chi connectivity index (χ3v) is 1.48. The second-order valence-electron chi connectivity index (χ2n) is 2.54. The van der Waals surface area contributed by atoms with Crippen molar-refractivity contribution >= 4 is 5.78 Å². The maximum atomic E-state index is 11.1. The maximum Gasteiger partial charge on any atom is 0.140 e. The van der Waals surface area contributed by atoms with Crippen LogP contribution >= 0.6 is 0 Å². The van der Waals surface area contributed by atoms with Gasteiger partial charge in [0.15, 0.2) is 0 Å². The summed E-state index contributed by atoms with van der Waals surface area (Å²) < 4.78 is 5.03. The molecule has 0 saturated heterocycles. The molecule has 0 saturated carbocycles. The van der Waals surface area contributed by atoms with Gasteiger partial charge in [-0.25, -0.2) is 0 Å². The molecule has 1 aromatic heterocycles. The van der Waals surface area contributed by atoms with E-state index in [2.05, 4.69) is 0 Å². The number of carbonyl (C=O) groups is 1. The van der Waals surface area contributed by atoms with Gasteiger partial charge in [0.25, 0.3) is 0 Å². The van der Waals surface area contributed by atoms with Crippen LogP contribution in [0.3, 0.4) is 0 Å². The summed E-state index contributed by atoms with van der Waals surface area (Å²) in [5.41, 5.74) is 0. The van der Waals surface area contributed by atoms with E-state index in [1.807, 2.05) is 13.0 Å². The monoisotopic (exact) mass is 152 g/mol. The third kappa shape index (κ3) is 2.58. The first-order valence-electron chi connectivity index (χ1n) is 3.87. The molecule has 1 heterocycles. The molecule has 1 aromatic rings. The van der Waals surface area contributed by atoms with Crippen LogP contribution in [0.4, 0.5) is 0 Å². The average Bonchev–Trinajstić information content (AvgIpc) is 2.40. The summed E-state index contributed by atoms with van der Waals surface area (Å²) in [5, 5.41) is 0. The van der Waals surface area contributed by atoms with Crippen molar-refractivity contribution in [2.45, 2.75) is 26.2 Å². The number of hydrogen-bond donors (Lipinski definition) is 0. The highest BCUT2D eigenvalue weighted by Crippen LogP contribution is 2.03. The van der Waals surface area contributed by atoms with Gasteiger partial charge in [-0.05, 0) is 18.6 Å². The number of rotatable bonds is 4. The first kappa shape index (κ1) is 8.05. The Bertz CT molecular complexity index is 211. The van der Waals surface area contributed by atoms with Crippen molar-refractivity contribution in [3.05, 3.63) is 24.2 Å². The van der Waals surface area contributed by atoms with E-state index >= 15 is 0 Å². The number of ketones is 1. The normalized spacial score (nSPS) is 9.91. The number of furan rings is 1. The molecule has 2 nitrogen and oxygen atoms in total. The maximum absolute atomic E-state index is 11.1. The molecule has 2 heteroatoms. The Kier molecular flexibility index (Phi) is 2.90. The van der Waals surface area contributed by atoms with Gasteiger partial charge in [0.2, 0.25) is 0 Å². The number of Topliss-reactive ketones (excluding diaryl/α,β-unsaturated/α-hetero) is 1. The van der Waals surface area contributed by atoms with Gasteiger partial charge < -0.3 is 4.42 Å². The van der Waals surface area contributed by atoms with Crippen molar-refractivity contribution < 1.29 is 9.21 Å². The zero-order valence-electron chi connectivity index (χ0n) is 6.67. The Morgan fingerprint density at radius 2 is 2.45 bits per heavy atom. The molecule has 0 fully saturated rings. The first-order valence-corrected chi connectivity index (χ1v) is 3.87. The van der Waals surface area contributed by atoms with Crippen LogP contribution in [0.2, 0.25) is 0 Å². The standard InChI is InChI=1S/C9H12O2/c1-2-4-8(10)7-9-5-3-6-11-9/h3,5-6H,2,4,7H2,1H3. The molecule has 0 unspecified atom stereocenters. The Labute approximate surface area is 66.2 Å². The first-order chi connectivity index (χ1) is 5.33. The summed E-state index contributed by atoms with van der Waals surface area (Å²) in [5.74, 6) is 1.02. The molecule has 0 aliphatic carbocycles. The van der Waals surface area contributed by atoms with Gasteiger partial charge in [-0.2, -0.15) is 0 Å². The Hall–Kier alpha value is -1.05. The van der Waals surface area contributed by atoms with E-state index < -0.39 is 0 Å². The lowest BCUT2D eigenvalue weighted by Gasteiger charge is -1.93. The Morgan fingerprint density at radius 3 is 3.00 bits per heavy atom. The topological polar surface area (TPSA) is 30.2 Å². The summed E-state index contributed by atoms with van der Waals surface area (Å²) >= 11 is 0. The summed E-state index contributed by atoms with van der Waals surface area (Å²) in [4.78, 5) is 11.1. The molecule has 0 radical (unpaired) electrons. The summed E-state index contributed by atoms with van der Waals surface area (Å²) in [6, 6.07) is 3.63. The van der Waals surface area contributed by atoms with Gasteiger partial charge >= 0.3 is 0 Å². The highest BCUT2D eigenvalue weighted by atomic mass is 16.3. The third-order valence-electron chi connectivity index (χ3n) is 1.48. The second-order valence-corrected chi connectivity index (χ2v) is 2.54. The lowest BCUT2D eigenvalue weighted by molar-refractivity contribution is -0.118. The van der Waals surface area contributed by atoms with E-state index in [1.54, 1.807) is 12.3 Å². The van der Waals surface area contributed by atoms with Gasteiger partial charge in [0.05, 0.1) is 12.7 Å². The van der Waals surface area contributed by atoms with Crippen LogP contribution in [0.15, 0.2) is 22.8 Å². The fourth-order valence-electron chi connectivity index (χ4n) is 0.975. The molecule has 0 aliphatic rings. The van der Waals surface area contributed by atoms with Crippen molar-refractivity contribution in [3.63, 3.8) is 0 Å². The molecule has 1 rings (SSSR count). The molecule has 0 amide bonds. The Balaban J connectivity index is 2.37. The van der Waals surface area contributed by atoms with E-state index in [1.165, 1.54) is 0 Å². The number of carbonyl (C=O) groups excluding carboxylic acids is 1. The van der Waals surface area contributed by atoms with Crippen LogP contribution in [0.25, 0.3) is 0 Å². The molecule has 60 valence electrons. The Morgan fingerprint density at radius 1 is 1.64 bits per heavy atom. The fraction of sp³-hybridized carbons (Fsp3) is 0.444. The lowest BCUT2D eigenvalue weighted by Crippen LogP contribution is -2.00. The second kappa shape index (κ2) is 3.96. The van der Waals surface area contributed by atoms with Crippen molar-refractivity contribution in [3.8, 4) is 0 Å². The van der Waals surface area contributed by atoms with Gasteiger partial charge in [-0.3, -0.25) is 4.79 Å². The van der Waals surface area contributed by atoms with Gasteiger partial charge in [-0.1, -0.05) is 6.92 Å². The van der Waals surface area contributed by atoms with Crippen LogP contribution in [-0.4, -0.2) is 5.78 Å². The zero-order chi connectivity index (χ0) is 8.10. The van der Waals surface area contributed by atoms with Gasteiger partial charge in [0, 0.05) is 6.42 Å². The smallest absolute Gasteiger partial charge is 0.140 e. The van der Waals surface area contributed by atoms with Crippen LogP contribution in [-0.2, 0) is 11.2 Å². The zero-order valence-corrected chi connectivity index (χ0v) is 6.67. The van der Waals surface area contributed by atoms with Crippen molar-refractivity contribution in [1.29, 1.82) is 0 Å². The fourth-order valence-corrected chi connectivity index (χ4v) is 0.975. The van der Waals surface area contributed by atoms with E-state index in [9.17, 15) is 4.79 Å². The highest BCUT2D eigenvalue weighted by molar-refractivity contribution is 5.80. The molecular weight excluding hydrogens is 140 g/mol. The summed E-state index contributed by atoms with van der Waals surface area (Å²) in [6.07, 6.45) is 3.61. The molecule has 0 spiro atoms. The quantitative estimate of drug-likeness (QED) is 0.662. The van der Waals surface area contributed by atoms with Crippen molar-refractivity contribution in [2.75, 3.05) is 0 Å². The molecule has 0 bridgehead atoms. The minimum Gasteiger partial charge on any atom is -0.469 e. The molecular formula is C9H12O2. The van der Waals surface area contributed by atoms with Crippen LogP contribution < -0.4 is 0 Å². The SMILES string of the molecule is CCCC(=O)Cc1ccco1. The number of hydrogen-bond acceptors (Lipinski definition) is 2. The van der Waals surface area contributed by atoms with Crippen molar-refractivity contribution in [2.24, 2.45) is 0 Å². The molecule has 0 atom stereocenters.